The molecule has 0 spiro atoms. The third kappa shape index (κ3) is 2.31. The molecular formula is C21H14N2O2. The Labute approximate surface area is 144 Å². The summed E-state index contributed by atoms with van der Waals surface area (Å²) in [6.07, 6.45) is 0. The molecule has 1 aromatic heterocycles. The topological polar surface area (TPSA) is 48.2 Å². The average Bonchev–Trinajstić information content (AvgIpc) is 3.16. The summed E-state index contributed by atoms with van der Waals surface area (Å²) < 4.78 is 12.1. The number of para-hydroxylation sites is 2. The Bertz CT molecular complexity index is 995. The van der Waals surface area contributed by atoms with E-state index in [4.69, 9.17) is 9.15 Å². The van der Waals surface area contributed by atoms with Crippen LogP contribution in [0.4, 0.5) is 0 Å². The highest BCUT2D eigenvalue weighted by molar-refractivity contribution is 5.57. The lowest BCUT2D eigenvalue weighted by Crippen LogP contribution is -2.11. The SMILES string of the molecule is c1ccc(-c2nnc(C3c4ccccc4Oc4ccccc43)o2)cc1. The molecule has 5 rings (SSSR count). The van der Waals surface area contributed by atoms with Gasteiger partial charge in [0.15, 0.2) is 0 Å². The van der Waals surface area contributed by atoms with Crippen molar-refractivity contribution in [2.24, 2.45) is 0 Å². The predicted octanol–water partition coefficient (Wildman–Crippen LogP) is 5.02. The van der Waals surface area contributed by atoms with E-state index in [0.717, 1.165) is 28.2 Å². The summed E-state index contributed by atoms with van der Waals surface area (Å²) in [6.45, 7) is 0. The molecule has 120 valence electrons. The molecule has 0 aliphatic carbocycles. The predicted molar refractivity (Wildman–Crippen MR) is 93.6 cm³/mol. The van der Waals surface area contributed by atoms with Gasteiger partial charge in [0.05, 0.1) is 5.92 Å². The van der Waals surface area contributed by atoms with Crippen LogP contribution in [-0.4, -0.2) is 10.2 Å². The lowest BCUT2D eigenvalue weighted by atomic mass is 9.88. The number of aromatic nitrogens is 2. The number of rotatable bonds is 2. The van der Waals surface area contributed by atoms with Gasteiger partial charge in [-0.3, -0.25) is 0 Å². The lowest BCUT2D eigenvalue weighted by molar-refractivity contribution is 0.429. The zero-order valence-electron chi connectivity index (χ0n) is 13.3. The number of benzene rings is 3. The first kappa shape index (κ1) is 14.0. The summed E-state index contributed by atoms with van der Waals surface area (Å²) in [7, 11) is 0. The standard InChI is InChI=1S/C21H14N2O2/c1-2-8-14(9-3-1)20-22-23-21(25-20)19-15-10-4-6-12-17(15)24-18-13-7-5-11-16(18)19/h1-13,19H. The Balaban J connectivity index is 1.66. The second-order valence-electron chi connectivity index (χ2n) is 5.92. The van der Waals surface area contributed by atoms with Crippen LogP contribution in [0.2, 0.25) is 0 Å². The molecular weight excluding hydrogens is 312 g/mol. The smallest absolute Gasteiger partial charge is 0.247 e. The normalized spacial score (nSPS) is 13.0. The summed E-state index contributed by atoms with van der Waals surface area (Å²) in [5.74, 6) is 2.61. The van der Waals surface area contributed by atoms with E-state index in [0.29, 0.717) is 11.8 Å². The van der Waals surface area contributed by atoms with Crippen LogP contribution >= 0.6 is 0 Å². The second-order valence-corrected chi connectivity index (χ2v) is 5.92. The van der Waals surface area contributed by atoms with Gasteiger partial charge < -0.3 is 9.15 Å². The Morgan fingerprint density at radius 1 is 0.640 bits per heavy atom. The maximum Gasteiger partial charge on any atom is 0.247 e. The van der Waals surface area contributed by atoms with Crippen LogP contribution in [0.5, 0.6) is 11.5 Å². The largest absolute Gasteiger partial charge is 0.457 e. The molecule has 1 aliphatic rings. The fraction of sp³-hybridized carbons (Fsp3) is 0.0476. The number of hydrogen-bond donors (Lipinski definition) is 0. The van der Waals surface area contributed by atoms with Crippen molar-refractivity contribution in [2.45, 2.75) is 5.92 Å². The van der Waals surface area contributed by atoms with Crippen molar-refractivity contribution >= 4 is 0 Å². The van der Waals surface area contributed by atoms with Crippen LogP contribution in [0.25, 0.3) is 11.5 Å². The summed E-state index contributed by atoms with van der Waals surface area (Å²) in [6, 6.07) is 25.7. The first-order valence-electron chi connectivity index (χ1n) is 8.15. The first-order valence-corrected chi connectivity index (χ1v) is 8.15. The first-order chi connectivity index (χ1) is 12.4. The van der Waals surface area contributed by atoms with Gasteiger partial charge >= 0.3 is 0 Å². The van der Waals surface area contributed by atoms with Gasteiger partial charge in [-0.2, -0.15) is 0 Å². The van der Waals surface area contributed by atoms with Crippen LogP contribution in [0, 0.1) is 0 Å². The molecule has 0 bridgehead atoms. The van der Waals surface area contributed by atoms with E-state index in [1.165, 1.54) is 0 Å². The van der Waals surface area contributed by atoms with Gasteiger partial charge in [-0.15, -0.1) is 10.2 Å². The fourth-order valence-corrected chi connectivity index (χ4v) is 3.22. The minimum absolute atomic E-state index is 0.133. The van der Waals surface area contributed by atoms with Crippen molar-refractivity contribution in [3.05, 3.63) is 95.9 Å². The van der Waals surface area contributed by atoms with E-state index in [1.807, 2.05) is 78.9 Å². The highest BCUT2D eigenvalue weighted by atomic mass is 16.5. The van der Waals surface area contributed by atoms with E-state index in [-0.39, 0.29) is 5.92 Å². The van der Waals surface area contributed by atoms with E-state index in [1.54, 1.807) is 0 Å². The van der Waals surface area contributed by atoms with Crippen molar-refractivity contribution in [1.29, 1.82) is 0 Å². The molecule has 4 nitrogen and oxygen atoms in total. The number of fused-ring (bicyclic) bond motifs is 2. The second kappa shape index (κ2) is 5.60. The van der Waals surface area contributed by atoms with Crippen LogP contribution in [0.1, 0.15) is 22.9 Å². The van der Waals surface area contributed by atoms with Crippen LogP contribution < -0.4 is 4.74 Å². The van der Waals surface area contributed by atoms with Gasteiger partial charge in [0.1, 0.15) is 11.5 Å². The average molecular weight is 326 g/mol. The summed E-state index contributed by atoms with van der Waals surface area (Å²) in [5.41, 5.74) is 2.98. The molecule has 4 aromatic rings. The van der Waals surface area contributed by atoms with Crippen molar-refractivity contribution in [1.82, 2.24) is 10.2 Å². The molecule has 25 heavy (non-hydrogen) atoms. The lowest BCUT2D eigenvalue weighted by Gasteiger charge is -2.25. The van der Waals surface area contributed by atoms with Crippen LogP contribution in [-0.2, 0) is 0 Å². The number of hydrogen-bond acceptors (Lipinski definition) is 4. The molecule has 2 heterocycles. The molecule has 1 aliphatic heterocycles. The van der Waals surface area contributed by atoms with Crippen LogP contribution in [0.3, 0.4) is 0 Å². The highest BCUT2D eigenvalue weighted by Crippen LogP contribution is 2.46. The third-order valence-corrected chi connectivity index (χ3v) is 4.39. The van der Waals surface area contributed by atoms with Gasteiger partial charge in [0.2, 0.25) is 11.8 Å². The maximum atomic E-state index is 6.05. The van der Waals surface area contributed by atoms with Gasteiger partial charge in [-0.1, -0.05) is 54.6 Å². The minimum Gasteiger partial charge on any atom is -0.457 e. The van der Waals surface area contributed by atoms with E-state index in [2.05, 4.69) is 10.2 Å². The Kier molecular flexibility index (Phi) is 3.13. The summed E-state index contributed by atoms with van der Waals surface area (Å²) in [4.78, 5) is 0. The molecule has 0 amide bonds. The Hall–Kier alpha value is -3.40. The van der Waals surface area contributed by atoms with Gasteiger partial charge in [-0.25, -0.2) is 0 Å². The Morgan fingerprint density at radius 3 is 1.92 bits per heavy atom. The zero-order valence-corrected chi connectivity index (χ0v) is 13.3. The molecule has 0 unspecified atom stereocenters. The number of ether oxygens (including phenoxy) is 1. The van der Waals surface area contributed by atoms with E-state index >= 15 is 0 Å². The molecule has 0 saturated carbocycles. The molecule has 3 aromatic carbocycles. The monoisotopic (exact) mass is 326 g/mol. The third-order valence-electron chi connectivity index (χ3n) is 4.39. The molecule has 0 N–H and O–H groups in total. The van der Waals surface area contributed by atoms with Crippen molar-refractivity contribution in [2.75, 3.05) is 0 Å². The highest BCUT2D eigenvalue weighted by Gasteiger charge is 2.32. The summed E-state index contributed by atoms with van der Waals surface area (Å²) in [5, 5.41) is 8.59. The number of nitrogens with zero attached hydrogens (tertiary/aromatic N) is 2. The minimum atomic E-state index is -0.133. The zero-order chi connectivity index (χ0) is 16.6. The van der Waals surface area contributed by atoms with Crippen molar-refractivity contribution < 1.29 is 9.15 Å². The molecule has 0 fully saturated rings. The molecule has 0 saturated heterocycles. The quantitative estimate of drug-likeness (QED) is 0.457. The van der Waals surface area contributed by atoms with E-state index in [9.17, 15) is 0 Å². The van der Waals surface area contributed by atoms with Crippen molar-refractivity contribution in [3.8, 4) is 23.0 Å². The van der Waals surface area contributed by atoms with Crippen molar-refractivity contribution in [3.63, 3.8) is 0 Å². The summed E-state index contributed by atoms with van der Waals surface area (Å²) >= 11 is 0. The van der Waals surface area contributed by atoms with Crippen LogP contribution in [0.15, 0.2) is 83.3 Å². The molecule has 0 atom stereocenters. The van der Waals surface area contributed by atoms with E-state index < -0.39 is 0 Å². The fourth-order valence-electron chi connectivity index (χ4n) is 3.22. The van der Waals surface area contributed by atoms with Gasteiger partial charge in [-0.05, 0) is 24.3 Å². The maximum absolute atomic E-state index is 6.05. The van der Waals surface area contributed by atoms with Gasteiger partial charge in [0, 0.05) is 16.7 Å². The Morgan fingerprint density at radius 2 is 1.24 bits per heavy atom. The molecule has 0 radical (unpaired) electrons. The van der Waals surface area contributed by atoms with Gasteiger partial charge in [0.25, 0.3) is 0 Å². The molecule has 4 heteroatoms.